The number of ether oxygens (including phenoxy) is 1. The van der Waals surface area contributed by atoms with Crippen molar-refractivity contribution < 1.29 is 24.0 Å². The molecule has 8 nitrogen and oxygen atoms in total. The van der Waals surface area contributed by atoms with Crippen molar-refractivity contribution in [2.45, 2.75) is 39.8 Å². The Kier molecular flexibility index (Phi) is 6.10. The van der Waals surface area contributed by atoms with E-state index in [1.165, 1.54) is 6.07 Å². The summed E-state index contributed by atoms with van der Waals surface area (Å²) < 4.78 is 10.4. The number of aliphatic carboxylic acids is 1. The lowest BCUT2D eigenvalue weighted by Crippen LogP contribution is -2.41. The number of benzene rings is 1. The molecule has 8 heteroatoms. The van der Waals surface area contributed by atoms with Crippen molar-refractivity contribution in [2.75, 3.05) is 0 Å². The minimum atomic E-state index is -1.05. The molecule has 0 radical (unpaired) electrons. The fourth-order valence-corrected chi connectivity index (χ4v) is 2.21. The van der Waals surface area contributed by atoms with Gasteiger partial charge in [-0.05, 0) is 30.5 Å². The third kappa shape index (κ3) is 5.59. The summed E-state index contributed by atoms with van der Waals surface area (Å²) in [5.41, 5.74) is 0.316. The van der Waals surface area contributed by atoms with Gasteiger partial charge in [0.1, 0.15) is 11.8 Å². The van der Waals surface area contributed by atoms with E-state index >= 15 is 0 Å². The monoisotopic (exact) mass is 347 g/mol. The summed E-state index contributed by atoms with van der Waals surface area (Å²) >= 11 is 0. The quantitative estimate of drug-likeness (QED) is 0.752. The Labute approximate surface area is 145 Å². The van der Waals surface area contributed by atoms with Crippen molar-refractivity contribution in [3.05, 3.63) is 41.5 Å². The van der Waals surface area contributed by atoms with Crippen LogP contribution in [0.15, 0.2) is 28.8 Å². The Balaban J connectivity index is 2.01. The van der Waals surface area contributed by atoms with Crippen LogP contribution in [0.3, 0.4) is 0 Å². The Morgan fingerprint density at radius 2 is 2.12 bits per heavy atom. The fourth-order valence-electron chi connectivity index (χ4n) is 2.21. The van der Waals surface area contributed by atoms with Gasteiger partial charge in [-0.25, -0.2) is 4.79 Å². The molecule has 1 aromatic carbocycles. The third-order valence-corrected chi connectivity index (χ3v) is 3.34. The molecule has 0 aliphatic carbocycles. The van der Waals surface area contributed by atoms with Crippen LogP contribution >= 0.6 is 0 Å². The maximum absolute atomic E-state index is 12.3. The van der Waals surface area contributed by atoms with Crippen LogP contribution < -0.4 is 10.1 Å². The number of aromatic nitrogens is 2. The number of nitrogens with zero attached hydrogens (tertiary/aromatic N) is 2. The Bertz CT molecular complexity index is 741. The van der Waals surface area contributed by atoms with Gasteiger partial charge in [0.15, 0.2) is 6.61 Å². The van der Waals surface area contributed by atoms with Crippen molar-refractivity contribution in [1.82, 2.24) is 15.5 Å². The smallest absolute Gasteiger partial charge is 0.326 e. The van der Waals surface area contributed by atoms with Crippen LogP contribution in [0.4, 0.5) is 0 Å². The summed E-state index contributed by atoms with van der Waals surface area (Å²) in [5, 5.41) is 15.5. The van der Waals surface area contributed by atoms with Gasteiger partial charge in [-0.1, -0.05) is 25.1 Å². The van der Waals surface area contributed by atoms with E-state index in [9.17, 15) is 14.7 Å². The lowest BCUT2D eigenvalue weighted by Gasteiger charge is -2.16. The number of aryl methyl sites for hydroxylation is 1. The molecule has 0 spiro atoms. The number of carboxylic acid groups (broad SMARTS) is 1. The lowest BCUT2D eigenvalue weighted by atomic mass is 10.0. The molecule has 1 atom stereocenters. The van der Waals surface area contributed by atoms with Crippen LogP contribution in [0.2, 0.25) is 0 Å². The van der Waals surface area contributed by atoms with Crippen LogP contribution in [-0.2, 0) is 11.4 Å². The van der Waals surface area contributed by atoms with Gasteiger partial charge >= 0.3 is 5.97 Å². The SMILES string of the molecule is Cc1nc(COc2cccc(C(=O)NC(CC(C)C)C(=O)O)c2)no1. The number of rotatable bonds is 8. The van der Waals surface area contributed by atoms with Crippen LogP contribution in [0.5, 0.6) is 5.75 Å². The first-order chi connectivity index (χ1) is 11.8. The Hall–Kier alpha value is -2.90. The molecule has 2 rings (SSSR count). The zero-order valence-corrected chi connectivity index (χ0v) is 14.4. The van der Waals surface area contributed by atoms with E-state index in [0.29, 0.717) is 29.4 Å². The van der Waals surface area contributed by atoms with Gasteiger partial charge in [0.05, 0.1) is 0 Å². The van der Waals surface area contributed by atoms with Gasteiger partial charge in [0, 0.05) is 12.5 Å². The molecular weight excluding hydrogens is 326 g/mol. The van der Waals surface area contributed by atoms with Crippen LogP contribution in [0, 0.1) is 12.8 Å². The molecule has 25 heavy (non-hydrogen) atoms. The van der Waals surface area contributed by atoms with Gasteiger partial charge in [-0.15, -0.1) is 0 Å². The van der Waals surface area contributed by atoms with Gasteiger partial charge in [0.25, 0.3) is 5.91 Å². The maximum atomic E-state index is 12.3. The molecule has 0 aliphatic heterocycles. The molecule has 1 amide bonds. The molecule has 0 saturated heterocycles. The minimum absolute atomic E-state index is 0.105. The molecule has 0 bridgehead atoms. The van der Waals surface area contributed by atoms with E-state index in [1.807, 2.05) is 13.8 Å². The predicted octanol–water partition coefficient (Wildman–Crippen LogP) is 2.19. The van der Waals surface area contributed by atoms with Crippen LogP contribution in [0.1, 0.15) is 42.3 Å². The summed E-state index contributed by atoms with van der Waals surface area (Å²) in [6, 6.07) is 5.54. The summed E-state index contributed by atoms with van der Waals surface area (Å²) in [6.45, 7) is 5.58. The largest absolute Gasteiger partial charge is 0.485 e. The van der Waals surface area contributed by atoms with E-state index in [2.05, 4.69) is 15.5 Å². The zero-order valence-electron chi connectivity index (χ0n) is 14.4. The third-order valence-electron chi connectivity index (χ3n) is 3.34. The van der Waals surface area contributed by atoms with Gasteiger partial charge < -0.3 is 19.7 Å². The van der Waals surface area contributed by atoms with Crippen molar-refractivity contribution in [3.63, 3.8) is 0 Å². The standard InChI is InChI=1S/C17H21N3O5/c1-10(2)7-14(17(22)23)19-16(21)12-5-4-6-13(8-12)24-9-15-18-11(3)25-20-15/h4-6,8,10,14H,7,9H2,1-3H3,(H,19,21)(H,22,23). The first kappa shape index (κ1) is 18.4. The zero-order chi connectivity index (χ0) is 18.4. The van der Waals surface area contributed by atoms with Crippen molar-refractivity contribution in [2.24, 2.45) is 5.92 Å². The molecule has 1 heterocycles. The normalized spacial score (nSPS) is 12.0. The van der Waals surface area contributed by atoms with Crippen molar-refractivity contribution >= 4 is 11.9 Å². The van der Waals surface area contributed by atoms with E-state index in [-0.39, 0.29) is 12.5 Å². The minimum Gasteiger partial charge on any atom is -0.485 e. The second-order valence-corrected chi connectivity index (χ2v) is 6.04. The molecular formula is C17H21N3O5. The summed E-state index contributed by atoms with van der Waals surface area (Å²) in [5.74, 6) is -0.0806. The highest BCUT2D eigenvalue weighted by Crippen LogP contribution is 2.15. The second-order valence-electron chi connectivity index (χ2n) is 6.04. The second kappa shape index (κ2) is 8.27. The fraction of sp³-hybridized carbons (Fsp3) is 0.412. The molecule has 2 N–H and O–H groups in total. The summed E-state index contributed by atoms with van der Waals surface area (Å²) in [4.78, 5) is 27.6. The number of carbonyl (C=O) groups is 2. The van der Waals surface area contributed by atoms with Gasteiger partial charge in [-0.3, -0.25) is 4.79 Å². The molecule has 0 saturated carbocycles. The van der Waals surface area contributed by atoms with Gasteiger partial charge in [0.2, 0.25) is 11.7 Å². The van der Waals surface area contributed by atoms with Crippen LogP contribution in [0.25, 0.3) is 0 Å². The van der Waals surface area contributed by atoms with E-state index < -0.39 is 17.9 Å². The van der Waals surface area contributed by atoms with Crippen LogP contribution in [-0.4, -0.2) is 33.2 Å². The van der Waals surface area contributed by atoms with E-state index in [1.54, 1.807) is 25.1 Å². The molecule has 0 aliphatic rings. The number of carboxylic acids is 1. The average molecular weight is 347 g/mol. The van der Waals surface area contributed by atoms with E-state index in [0.717, 1.165) is 0 Å². The molecule has 1 aromatic heterocycles. The first-order valence-corrected chi connectivity index (χ1v) is 7.91. The average Bonchev–Trinajstić information content (AvgIpc) is 2.97. The molecule has 134 valence electrons. The predicted molar refractivity (Wildman–Crippen MR) is 88.2 cm³/mol. The molecule has 0 fully saturated rings. The number of hydrogen-bond acceptors (Lipinski definition) is 6. The van der Waals surface area contributed by atoms with Crippen molar-refractivity contribution in [3.8, 4) is 5.75 Å². The topological polar surface area (TPSA) is 115 Å². The molecule has 2 aromatic rings. The highest BCUT2D eigenvalue weighted by atomic mass is 16.5. The highest BCUT2D eigenvalue weighted by Gasteiger charge is 2.21. The highest BCUT2D eigenvalue weighted by molar-refractivity contribution is 5.96. The Morgan fingerprint density at radius 3 is 2.72 bits per heavy atom. The lowest BCUT2D eigenvalue weighted by molar-refractivity contribution is -0.139. The molecule has 1 unspecified atom stereocenters. The summed E-state index contributed by atoms with van der Waals surface area (Å²) in [7, 11) is 0. The number of nitrogens with one attached hydrogen (secondary N) is 1. The Morgan fingerprint density at radius 1 is 1.36 bits per heavy atom. The summed E-state index contributed by atoms with van der Waals surface area (Å²) in [6.07, 6.45) is 0.356. The first-order valence-electron chi connectivity index (χ1n) is 7.91. The van der Waals surface area contributed by atoms with E-state index in [4.69, 9.17) is 9.26 Å². The number of amides is 1. The van der Waals surface area contributed by atoms with Crippen molar-refractivity contribution in [1.29, 1.82) is 0 Å². The van der Waals surface area contributed by atoms with Gasteiger partial charge in [-0.2, -0.15) is 4.98 Å². The number of hydrogen-bond donors (Lipinski definition) is 2. The maximum Gasteiger partial charge on any atom is 0.326 e. The number of carbonyl (C=O) groups excluding carboxylic acids is 1.